The lowest BCUT2D eigenvalue weighted by atomic mass is 9.40. The number of rotatable bonds is 2. The number of hydrogen-bond acceptors (Lipinski definition) is 4. The third-order valence-corrected chi connectivity index (χ3v) is 5.65. The van der Waals surface area contributed by atoms with Crippen molar-refractivity contribution in [2.24, 2.45) is 7.05 Å². The molecule has 2 aliphatic rings. The lowest BCUT2D eigenvalue weighted by Crippen LogP contribution is -2.49. The fraction of sp³-hybridized carbons (Fsp3) is 0.444. The lowest BCUT2D eigenvalue weighted by Gasteiger charge is -2.33. The minimum Gasteiger partial charge on any atom is -0.278 e. The Morgan fingerprint density at radius 2 is 2.14 bits per heavy atom. The Morgan fingerprint density at radius 3 is 2.79 bits per heavy atom. The molecule has 0 aliphatic carbocycles. The van der Waals surface area contributed by atoms with Crippen LogP contribution in [0.4, 0.5) is 23.8 Å². The smallest absolute Gasteiger partial charge is 0.278 e. The Bertz CT molecular complexity index is 1060. The summed E-state index contributed by atoms with van der Waals surface area (Å²) in [6.45, 7) is -0.646. The summed E-state index contributed by atoms with van der Waals surface area (Å²) < 4.78 is 45.6. The molecule has 4 rings (SSSR count). The van der Waals surface area contributed by atoms with Gasteiger partial charge in [0.05, 0.1) is 5.52 Å². The van der Waals surface area contributed by atoms with Gasteiger partial charge in [-0.2, -0.15) is 5.10 Å². The number of fused-ring (bicyclic) bond motifs is 1. The van der Waals surface area contributed by atoms with Gasteiger partial charge in [-0.15, -0.1) is 0 Å². The van der Waals surface area contributed by atoms with Gasteiger partial charge in [-0.25, -0.2) is 23.2 Å². The first-order chi connectivity index (χ1) is 13.7. The van der Waals surface area contributed by atoms with E-state index in [2.05, 4.69) is 10.4 Å². The summed E-state index contributed by atoms with van der Waals surface area (Å²) in [4.78, 5) is 24.7. The number of halogens is 3. The molecule has 2 saturated heterocycles. The number of nitrogens with zero attached hydrogens (tertiary/aromatic N) is 4. The molecule has 1 N–H and O–H groups in total. The van der Waals surface area contributed by atoms with Gasteiger partial charge in [0.25, 0.3) is 6.71 Å². The third-order valence-electron chi connectivity index (χ3n) is 5.65. The van der Waals surface area contributed by atoms with Crippen LogP contribution in [0, 0.1) is 17.0 Å². The van der Waals surface area contributed by atoms with E-state index in [1.165, 1.54) is 15.6 Å². The van der Waals surface area contributed by atoms with Crippen molar-refractivity contribution in [3.8, 4) is 5.97 Å². The SMILES string of the molecule is Cn1nc(N2CCC(=O)NC2=O)c2cc(F)c(C3CCB(C#N)CC3(F)F)cc21. The fourth-order valence-electron chi connectivity index (χ4n) is 4.15. The van der Waals surface area contributed by atoms with Crippen molar-refractivity contribution in [3.05, 3.63) is 23.5 Å². The molecule has 7 nitrogen and oxygen atoms in total. The highest BCUT2D eigenvalue weighted by atomic mass is 19.3. The van der Waals surface area contributed by atoms with Crippen molar-refractivity contribution >= 4 is 35.4 Å². The van der Waals surface area contributed by atoms with Crippen LogP contribution in [0.25, 0.3) is 10.9 Å². The molecule has 150 valence electrons. The molecule has 0 bridgehead atoms. The zero-order valence-electron chi connectivity index (χ0n) is 15.6. The number of imide groups is 1. The Labute approximate surface area is 164 Å². The van der Waals surface area contributed by atoms with Crippen LogP contribution in [0.5, 0.6) is 0 Å². The highest BCUT2D eigenvalue weighted by Gasteiger charge is 2.48. The van der Waals surface area contributed by atoms with Crippen LogP contribution in [0.15, 0.2) is 12.1 Å². The molecule has 1 aromatic carbocycles. The van der Waals surface area contributed by atoms with Gasteiger partial charge < -0.3 is 0 Å². The number of aryl methyl sites for hydroxylation is 1. The van der Waals surface area contributed by atoms with E-state index in [9.17, 15) is 22.8 Å². The number of carbonyl (C=O) groups excluding carboxylic acids is 2. The summed E-state index contributed by atoms with van der Waals surface area (Å²) in [7, 11) is 1.57. The number of aromatic nitrogens is 2. The van der Waals surface area contributed by atoms with E-state index in [4.69, 9.17) is 5.26 Å². The second kappa shape index (κ2) is 6.79. The summed E-state index contributed by atoms with van der Waals surface area (Å²) in [5.74, 6) is -3.69. The predicted octanol–water partition coefficient (Wildman–Crippen LogP) is 2.84. The van der Waals surface area contributed by atoms with E-state index in [0.29, 0.717) is 10.9 Å². The first kappa shape index (κ1) is 19.3. The largest absolute Gasteiger partial charge is 0.329 e. The summed E-state index contributed by atoms with van der Waals surface area (Å²) in [5.41, 5.74) is 0.283. The van der Waals surface area contributed by atoms with Gasteiger partial charge in [-0.1, -0.05) is 6.32 Å². The van der Waals surface area contributed by atoms with Crippen molar-refractivity contribution < 1.29 is 22.8 Å². The number of nitriles is 1. The van der Waals surface area contributed by atoms with E-state index < -0.39 is 42.6 Å². The molecule has 3 amide bonds. The highest BCUT2D eigenvalue weighted by Crippen LogP contribution is 2.47. The van der Waals surface area contributed by atoms with E-state index in [1.54, 1.807) is 7.05 Å². The Balaban J connectivity index is 1.76. The van der Waals surface area contributed by atoms with Gasteiger partial charge >= 0.3 is 6.03 Å². The van der Waals surface area contributed by atoms with Crippen LogP contribution in [0.1, 0.15) is 24.3 Å². The van der Waals surface area contributed by atoms with Gasteiger partial charge in [-0.05, 0) is 24.1 Å². The average molecular weight is 403 g/mol. The number of hydrogen-bond donors (Lipinski definition) is 1. The molecule has 0 saturated carbocycles. The number of amides is 3. The Kier molecular flexibility index (Phi) is 4.52. The van der Waals surface area contributed by atoms with Gasteiger partial charge in [0, 0.05) is 43.6 Å². The second-order valence-electron chi connectivity index (χ2n) is 7.51. The highest BCUT2D eigenvalue weighted by molar-refractivity contribution is 6.67. The molecule has 1 atom stereocenters. The number of nitrogens with one attached hydrogen (secondary N) is 1. The molecule has 2 fully saturated rings. The minimum atomic E-state index is -3.19. The minimum absolute atomic E-state index is 0.00893. The fourth-order valence-corrected chi connectivity index (χ4v) is 4.15. The summed E-state index contributed by atoms with van der Waals surface area (Å²) in [5, 5.41) is 15.7. The van der Waals surface area contributed by atoms with E-state index in [0.717, 1.165) is 6.07 Å². The Hall–Kier alpha value is -3.03. The van der Waals surface area contributed by atoms with Crippen LogP contribution in [-0.2, 0) is 11.8 Å². The maximum atomic E-state index is 14.9. The number of benzene rings is 1. The quantitative estimate of drug-likeness (QED) is 0.781. The molecule has 29 heavy (non-hydrogen) atoms. The maximum Gasteiger partial charge on any atom is 0.329 e. The molecule has 11 heteroatoms. The molecule has 0 spiro atoms. The summed E-state index contributed by atoms with van der Waals surface area (Å²) >= 11 is 0. The first-order valence-corrected chi connectivity index (χ1v) is 9.26. The van der Waals surface area contributed by atoms with Crippen LogP contribution in [-0.4, -0.2) is 40.9 Å². The van der Waals surface area contributed by atoms with Gasteiger partial charge in [0.1, 0.15) is 5.82 Å². The number of urea groups is 1. The van der Waals surface area contributed by atoms with Crippen molar-refractivity contribution in [2.75, 3.05) is 11.4 Å². The normalized spacial score (nSPS) is 22.0. The van der Waals surface area contributed by atoms with Crippen molar-refractivity contribution in [1.29, 1.82) is 5.26 Å². The van der Waals surface area contributed by atoms with Crippen LogP contribution in [0.3, 0.4) is 0 Å². The van der Waals surface area contributed by atoms with E-state index in [-0.39, 0.29) is 37.1 Å². The number of alkyl halides is 2. The predicted molar refractivity (Wildman–Crippen MR) is 99.5 cm³/mol. The molecule has 1 aromatic heterocycles. The zero-order valence-corrected chi connectivity index (χ0v) is 15.6. The topological polar surface area (TPSA) is 91.0 Å². The molecule has 2 aliphatic heterocycles. The monoisotopic (exact) mass is 403 g/mol. The maximum absolute atomic E-state index is 14.9. The third kappa shape index (κ3) is 3.22. The molecule has 2 aromatic rings. The molecule has 1 unspecified atom stereocenters. The lowest BCUT2D eigenvalue weighted by molar-refractivity contribution is -0.120. The van der Waals surface area contributed by atoms with Gasteiger partial charge in [0.15, 0.2) is 5.82 Å². The van der Waals surface area contributed by atoms with Crippen molar-refractivity contribution in [1.82, 2.24) is 15.1 Å². The molecular formula is C18H17BF3N5O2. The van der Waals surface area contributed by atoms with Crippen molar-refractivity contribution in [2.45, 2.75) is 37.3 Å². The van der Waals surface area contributed by atoms with Crippen LogP contribution in [0.2, 0.25) is 12.6 Å². The summed E-state index contributed by atoms with van der Waals surface area (Å²) in [6, 6.07) is 1.80. The standard InChI is InChI=1S/C18H17BF3N5O2/c1-26-14-7-10(12-2-4-19(9-23)8-18(12,21)22)13(20)6-11(14)16(25-26)27-5-3-15(28)24-17(27)29/h6-7,12H,2-5,8H2,1H3,(H,24,28,29). The molecular weight excluding hydrogens is 386 g/mol. The van der Waals surface area contributed by atoms with Crippen molar-refractivity contribution in [3.63, 3.8) is 0 Å². The average Bonchev–Trinajstić information content (AvgIpc) is 2.96. The summed E-state index contributed by atoms with van der Waals surface area (Å²) in [6.07, 6.45) is -0.217. The first-order valence-electron chi connectivity index (χ1n) is 9.26. The molecule has 3 heterocycles. The zero-order chi connectivity index (χ0) is 20.9. The van der Waals surface area contributed by atoms with E-state index in [1.807, 2.05) is 5.97 Å². The van der Waals surface area contributed by atoms with E-state index >= 15 is 0 Å². The number of anilines is 1. The van der Waals surface area contributed by atoms with Gasteiger partial charge in [0.2, 0.25) is 11.8 Å². The number of carbonyl (C=O) groups is 2. The van der Waals surface area contributed by atoms with Crippen LogP contribution < -0.4 is 10.2 Å². The molecule has 0 radical (unpaired) electrons. The van der Waals surface area contributed by atoms with Gasteiger partial charge in [-0.3, -0.25) is 19.7 Å². The second-order valence-corrected chi connectivity index (χ2v) is 7.51. The Morgan fingerprint density at radius 1 is 1.38 bits per heavy atom. The van der Waals surface area contributed by atoms with Crippen LogP contribution >= 0.6 is 0 Å².